The summed E-state index contributed by atoms with van der Waals surface area (Å²) in [5, 5.41) is 3.94. The highest BCUT2D eigenvalue weighted by Gasteiger charge is 2.10. The van der Waals surface area contributed by atoms with Crippen molar-refractivity contribution in [2.24, 2.45) is 0 Å². The molecule has 0 aliphatic carbocycles. The minimum absolute atomic E-state index is 0.0800. The molecule has 1 rings (SSSR count). The standard InChI is InChI=1S/C9H13N3O2/c1-4-7(2)5-12-6-10-8(11-12)9(13)14-3/h6H,2,4-5H2,1,3H3. The van der Waals surface area contributed by atoms with E-state index in [1.807, 2.05) is 6.92 Å². The zero-order valence-corrected chi connectivity index (χ0v) is 8.36. The first kappa shape index (κ1) is 10.4. The Morgan fingerprint density at radius 3 is 3.00 bits per heavy atom. The quantitative estimate of drug-likeness (QED) is 0.532. The van der Waals surface area contributed by atoms with Crippen molar-refractivity contribution in [2.75, 3.05) is 7.11 Å². The number of esters is 1. The fourth-order valence-electron chi connectivity index (χ4n) is 0.897. The van der Waals surface area contributed by atoms with Crippen molar-refractivity contribution in [3.63, 3.8) is 0 Å². The summed E-state index contributed by atoms with van der Waals surface area (Å²) in [4.78, 5) is 14.8. The zero-order valence-electron chi connectivity index (χ0n) is 8.36. The topological polar surface area (TPSA) is 57.0 Å². The smallest absolute Gasteiger partial charge is 0.377 e. The lowest BCUT2D eigenvalue weighted by Crippen LogP contribution is -2.06. The number of aromatic nitrogens is 3. The van der Waals surface area contributed by atoms with Crippen LogP contribution in [-0.2, 0) is 11.3 Å². The molecule has 0 atom stereocenters. The lowest BCUT2D eigenvalue weighted by molar-refractivity contribution is 0.0586. The van der Waals surface area contributed by atoms with Crippen LogP contribution in [0.25, 0.3) is 0 Å². The van der Waals surface area contributed by atoms with Crippen LogP contribution in [0.4, 0.5) is 0 Å². The number of hydrogen-bond acceptors (Lipinski definition) is 4. The maximum Gasteiger partial charge on any atom is 0.377 e. The summed E-state index contributed by atoms with van der Waals surface area (Å²) in [7, 11) is 1.30. The molecule has 1 heterocycles. The molecule has 5 heteroatoms. The first-order valence-corrected chi connectivity index (χ1v) is 4.31. The molecular formula is C9H13N3O2. The summed E-state index contributed by atoms with van der Waals surface area (Å²) >= 11 is 0. The monoisotopic (exact) mass is 195 g/mol. The first-order valence-electron chi connectivity index (χ1n) is 4.31. The predicted octanol–water partition coefficient (Wildman–Crippen LogP) is 1.03. The number of carbonyl (C=O) groups excluding carboxylic acids is 1. The van der Waals surface area contributed by atoms with Crippen molar-refractivity contribution in [1.82, 2.24) is 14.8 Å². The van der Waals surface area contributed by atoms with Gasteiger partial charge in [-0.2, -0.15) is 0 Å². The van der Waals surface area contributed by atoms with Gasteiger partial charge in [-0.05, 0) is 6.42 Å². The van der Waals surface area contributed by atoms with Gasteiger partial charge < -0.3 is 4.74 Å². The Morgan fingerprint density at radius 1 is 1.71 bits per heavy atom. The third-order valence-electron chi connectivity index (χ3n) is 1.79. The van der Waals surface area contributed by atoms with E-state index in [9.17, 15) is 4.79 Å². The molecule has 0 saturated heterocycles. The van der Waals surface area contributed by atoms with E-state index in [1.165, 1.54) is 13.4 Å². The van der Waals surface area contributed by atoms with Crippen LogP contribution in [0.3, 0.4) is 0 Å². The van der Waals surface area contributed by atoms with Gasteiger partial charge in [-0.15, -0.1) is 5.10 Å². The van der Waals surface area contributed by atoms with Gasteiger partial charge in [0.15, 0.2) is 0 Å². The van der Waals surface area contributed by atoms with E-state index in [1.54, 1.807) is 4.68 Å². The second-order valence-corrected chi connectivity index (χ2v) is 2.86. The Bertz CT molecular complexity index is 344. The van der Waals surface area contributed by atoms with Crippen molar-refractivity contribution >= 4 is 5.97 Å². The normalized spacial score (nSPS) is 9.86. The molecule has 0 aliphatic rings. The second-order valence-electron chi connectivity index (χ2n) is 2.86. The summed E-state index contributed by atoms with van der Waals surface area (Å²) in [6.45, 7) is 6.44. The predicted molar refractivity (Wildman–Crippen MR) is 50.8 cm³/mol. The number of rotatable bonds is 4. The maximum absolute atomic E-state index is 11.0. The average Bonchev–Trinajstić information content (AvgIpc) is 2.65. The number of hydrogen-bond donors (Lipinski definition) is 0. The second kappa shape index (κ2) is 4.55. The SMILES string of the molecule is C=C(CC)Cn1cnc(C(=O)OC)n1. The lowest BCUT2D eigenvalue weighted by atomic mass is 10.2. The minimum atomic E-state index is -0.522. The Balaban J connectivity index is 2.68. The van der Waals surface area contributed by atoms with Gasteiger partial charge in [0.05, 0.1) is 13.7 Å². The molecule has 0 unspecified atom stereocenters. The summed E-state index contributed by atoms with van der Waals surface area (Å²) in [6, 6.07) is 0. The molecule has 0 radical (unpaired) electrons. The summed E-state index contributed by atoms with van der Waals surface area (Å²) in [6.07, 6.45) is 2.38. The molecule has 0 N–H and O–H groups in total. The molecular weight excluding hydrogens is 182 g/mol. The molecule has 1 aromatic heterocycles. The van der Waals surface area contributed by atoms with Crippen LogP contribution in [0.5, 0.6) is 0 Å². The summed E-state index contributed by atoms with van der Waals surface area (Å²) < 4.78 is 6.05. The van der Waals surface area contributed by atoms with Gasteiger partial charge in [-0.1, -0.05) is 19.1 Å². The van der Waals surface area contributed by atoms with E-state index in [0.717, 1.165) is 12.0 Å². The number of nitrogens with zero attached hydrogens (tertiary/aromatic N) is 3. The average molecular weight is 195 g/mol. The summed E-state index contributed by atoms with van der Waals surface area (Å²) in [5.74, 6) is -0.442. The van der Waals surface area contributed by atoms with Crippen LogP contribution in [0, 0.1) is 0 Å². The molecule has 5 nitrogen and oxygen atoms in total. The zero-order chi connectivity index (χ0) is 10.6. The van der Waals surface area contributed by atoms with Crippen LogP contribution < -0.4 is 0 Å². The third-order valence-corrected chi connectivity index (χ3v) is 1.79. The van der Waals surface area contributed by atoms with E-state index in [2.05, 4.69) is 21.4 Å². The lowest BCUT2D eigenvalue weighted by Gasteiger charge is -2.00. The van der Waals surface area contributed by atoms with Crippen LogP contribution in [-0.4, -0.2) is 27.8 Å². The number of allylic oxidation sites excluding steroid dienone is 1. The van der Waals surface area contributed by atoms with E-state index >= 15 is 0 Å². The minimum Gasteiger partial charge on any atom is -0.463 e. The van der Waals surface area contributed by atoms with Crippen molar-refractivity contribution in [3.05, 3.63) is 24.3 Å². The Labute approximate surface area is 82.4 Å². The van der Waals surface area contributed by atoms with Crippen molar-refractivity contribution in [3.8, 4) is 0 Å². The van der Waals surface area contributed by atoms with Gasteiger partial charge in [0, 0.05) is 0 Å². The van der Waals surface area contributed by atoms with Gasteiger partial charge >= 0.3 is 5.97 Å². The highest BCUT2D eigenvalue weighted by atomic mass is 16.5. The van der Waals surface area contributed by atoms with Crippen molar-refractivity contribution in [1.29, 1.82) is 0 Å². The molecule has 14 heavy (non-hydrogen) atoms. The molecule has 0 spiro atoms. The Kier molecular flexibility index (Phi) is 3.39. The van der Waals surface area contributed by atoms with Crippen LogP contribution in [0.2, 0.25) is 0 Å². The molecule has 0 aliphatic heterocycles. The van der Waals surface area contributed by atoms with Gasteiger partial charge in [-0.25, -0.2) is 14.5 Å². The molecule has 76 valence electrons. The largest absolute Gasteiger partial charge is 0.463 e. The Morgan fingerprint density at radius 2 is 2.43 bits per heavy atom. The van der Waals surface area contributed by atoms with Gasteiger partial charge in [0.2, 0.25) is 0 Å². The molecule has 0 amide bonds. The molecule has 0 saturated carbocycles. The maximum atomic E-state index is 11.0. The number of methoxy groups -OCH3 is 1. The fraction of sp³-hybridized carbons (Fsp3) is 0.444. The third kappa shape index (κ3) is 2.42. The van der Waals surface area contributed by atoms with Crippen molar-refractivity contribution < 1.29 is 9.53 Å². The number of ether oxygens (including phenoxy) is 1. The van der Waals surface area contributed by atoms with E-state index < -0.39 is 5.97 Å². The van der Waals surface area contributed by atoms with E-state index in [0.29, 0.717) is 6.54 Å². The van der Waals surface area contributed by atoms with E-state index in [4.69, 9.17) is 0 Å². The fourth-order valence-corrected chi connectivity index (χ4v) is 0.897. The Hall–Kier alpha value is -1.65. The first-order chi connectivity index (χ1) is 6.67. The van der Waals surface area contributed by atoms with Crippen LogP contribution >= 0.6 is 0 Å². The van der Waals surface area contributed by atoms with Gasteiger partial charge in [-0.3, -0.25) is 0 Å². The highest BCUT2D eigenvalue weighted by molar-refractivity contribution is 5.84. The van der Waals surface area contributed by atoms with E-state index in [-0.39, 0.29) is 5.82 Å². The molecule has 0 fully saturated rings. The molecule has 0 bridgehead atoms. The number of carbonyl (C=O) groups is 1. The van der Waals surface area contributed by atoms with Gasteiger partial charge in [0.25, 0.3) is 5.82 Å². The van der Waals surface area contributed by atoms with Crippen LogP contribution in [0.15, 0.2) is 18.5 Å². The van der Waals surface area contributed by atoms with Crippen LogP contribution in [0.1, 0.15) is 24.0 Å². The molecule has 1 aromatic rings. The summed E-state index contributed by atoms with van der Waals surface area (Å²) in [5.41, 5.74) is 1.03. The van der Waals surface area contributed by atoms with Crippen molar-refractivity contribution in [2.45, 2.75) is 19.9 Å². The molecule has 0 aromatic carbocycles. The van der Waals surface area contributed by atoms with Gasteiger partial charge in [0.1, 0.15) is 6.33 Å². The highest BCUT2D eigenvalue weighted by Crippen LogP contribution is 2.01.